The summed E-state index contributed by atoms with van der Waals surface area (Å²) in [6.45, 7) is 4.28. The van der Waals surface area contributed by atoms with Crippen LogP contribution in [0.5, 0.6) is 5.75 Å². The summed E-state index contributed by atoms with van der Waals surface area (Å²) in [6.07, 6.45) is 7.00. The molecule has 92 valence electrons. The number of para-hydroxylation sites is 1. The van der Waals surface area contributed by atoms with E-state index in [1.54, 1.807) is 7.11 Å². The lowest BCUT2D eigenvalue weighted by molar-refractivity contribution is 0.403. The quantitative estimate of drug-likeness (QED) is 0.760. The van der Waals surface area contributed by atoms with Crippen LogP contribution in [-0.4, -0.2) is 19.2 Å². The van der Waals surface area contributed by atoms with Crippen molar-refractivity contribution in [3.05, 3.63) is 29.8 Å². The Kier molecular flexibility index (Phi) is 5.59. The van der Waals surface area contributed by atoms with E-state index in [0.717, 1.165) is 18.6 Å². The first kappa shape index (κ1) is 13.6. The Morgan fingerprint density at radius 3 is 2.65 bits per heavy atom. The Morgan fingerprint density at radius 1 is 1.29 bits per heavy atom. The maximum atomic E-state index is 5.34. The van der Waals surface area contributed by atoms with Crippen LogP contribution in [0.1, 0.15) is 25.8 Å². The Labute approximate surface area is 104 Å². The first-order valence-corrected chi connectivity index (χ1v) is 5.98. The summed E-state index contributed by atoms with van der Waals surface area (Å²) < 4.78 is 5.34. The van der Waals surface area contributed by atoms with E-state index in [2.05, 4.69) is 31.2 Å². The molecule has 2 atom stereocenters. The summed E-state index contributed by atoms with van der Waals surface area (Å²) in [4.78, 5) is 0. The molecule has 2 unspecified atom stereocenters. The maximum absolute atomic E-state index is 5.34. The molecule has 0 aliphatic carbocycles. The van der Waals surface area contributed by atoms with Gasteiger partial charge in [-0.15, -0.1) is 12.3 Å². The molecule has 1 aromatic rings. The van der Waals surface area contributed by atoms with E-state index in [1.165, 1.54) is 5.56 Å². The van der Waals surface area contributed by atoms with E-state index in [4.69, 9.17) is 11.2 Å². The molecule has 0 aliphatic heterocycles. The first-order valence-electron chi connectivity index (χ1n) is 5.98. The van der Waals surface area contributed by atoms with Crippen molar-refractivity contribution in [2.24, 2.45) is 0 Å². The van der Waals surface area contributed by atoms with Crippen LogP contribution in [0.15, 0.2) is 24.3 Å². The molecule has 0 fully saturated rings. The van der Waals surface area contributed by atoms with Gasteiger partial charge in [-0.05, 0) is 31.9 Å². The molecule has 17 heavy (non-hydrogen) atoms. The van der Waals surface area contributed by atoms with Crippen LogP contribution in [0, 0.1) is 12.3 Å². The number of benzene rings is 1. The molecule has 0 bridgehead atoms. The fourth-order valence-corrected chi connectivity index (χ4v) is 1.98. The van der Waals surface area contributed by atoms with Crippen molar-refractivity contribution in [2.45, 2.75) is 38.8 Å². The van der Waals surface area contributed by atoms with Gasteiger partial charge in [-0.1, -0.05) is 18.2 Å². The molecule has 0 heterocycles. The molecule has 0 amide bonds. The predicted molar refractivity (Wildman–Crippen MR) is 72.2 cm³/mol. The van der Waals surface area contributed by atoms with Gasteiger partial charge in [0.15, 0.2) is 0 Å². The van der Waals surface area contributed by atoms with Crippen LogP contribution in [0.4, 0.5) is 0 Å². The zero-order valence-electron chi connectivity index (χ0n) is 10.9. The lowest BCUT2D eigenvalue weighted by Crippen LogP contribution is -2.35. The van der Waals surface area contributed by atoms with E-state index in [9.17, 15) is 0 Å². The third-order valence-corrected chi connectivity index (χ3v) is 2.71. The van der Waals surface area contributed by atoms with Crippen molar-refractivity contribution in [2.75, 3.05) is 7.11 Å². The van der Waals surface area contributed by atoms with Gasteiger partial charge in [0, 0.05) is 18.5 Å². The van der Waals surface area contributed by atoms with Gasteiger partial charge < -0.3 is 10.1 Å². The zero-order valence-corrected chi connectivity index (χ0v) is 10.9. The highest BCUT2D eigenvalue weighted by Gasteiger charge is 2.09. The molecule has 0 spiro atoms. The number of hydrogen-bond donors (Lipinski definition) is 1. The SMILES string of the molecule is C#CCC(C)NC(C)Cc1ccccc1OC. The lowest BCUT2D eigenvalue weighted by atomic mass is 10.0. The molecule has 1 N–H and O–H groups in total. The van der Waals surface area contributed by atoms with Gasteiger partial charge in [0.1, 0.15) is 5.75 Å². The molecule has 0 saturated carbocycles. The molecule has 1 aromatic carbocycles. The Hall–Kier alpha value is -1.46. The van der Waals surface area contributed by atoms with Crippen LogP contribution in [0.2, 0.25) is 0 Å². The summed E-state index contributed by atoms with van der Waals surface area (Å²) in [5.74, 6) is 3.62. The second-order valence-corrected chi connectivity index (χ2v) is 4.39. The molecule has 2 nitrogen and oxygen atoms in total. The largest absolute Gasteiger partial charge is 0.496 e. The van der Waals surface area contributed by atoms with Crippen molar-refractivity contribution in [3.63, 3.8) is 0 Å². The van der Waals surface area contributed by atoms with Crippen molar-refractivity contribution >= 4 is 0 Å². The Balaban J connectivity index is 2.56. The second-order valence-electron chi connectivity index (χ2n) is 4.39. The van der Waals surface area contributed by atoms with Crippen molar-refractivity contribution in [1.82, 2.24) is 5.32 Å². The molecule has 2 heteroatoms. The minimum Gasteiger partial charge on any atom is -0.496 e. The Morgan fingerprint density at radius 2 is 2.00 bits per heavy atom. The van der Waals surface area contributed by atoms with Crippen LogP contribution >= 0.6 is 0 Å². The highest BCUT2D eigenvalue weighted by atomic mass is 16.5. The molecule has 0 radical (unpaired) electrons. The normalized spacial score (nSPS) is 13.8. The lowest BCUT2D eigenvalue weighted by Gasteiger charge is -2.19. The number of ether oxygens (including phenoxy) is 1. The zero-order chi connectivity index (χ0) is 12.7. The maximum Gasteiger partial charge on any atom is 0.122 e. The van der Waals surface area contributed by atoms with Gasteiger partial charge in [0.05, 0.1) is 7.11 Å². The van der Waals surface area contributed by atoms with Crippen molar-refractivity contribution < 1.29 is 4.74 Å². The van der Waals surface area contributed by atoms with Crippen LogP contribution < -0.4 is 10.1 Å². The van der Waals surface area contributed by atoms with E-state index in [0.29, 0.717) is 12.1 Å². The van der Waals surface area contributed by atoms with E-state index < -0.39 is 0 Å². The highest BCUT2D eigenvalue weighted by Crippen LogP contribution is 2.18. The topological polar surface area (TPSA) is 21.3 Å². The van der Waals surface area contributed by atoms with E-state index in [-0.39, 0.29) is 0 Å². The standard InChI is InChI=1S/C15H21NO/c1-5-8-12(2)16-13(3)11-14-9-6-7-10-15(14)17-4/h1,6-7,9-10,12-13,16H,8,11H2,2-4H3. The van der Waals surface area contributed by atoms with Gasteiger partial charge in [0.25, 0.3) is 0 Å². The summed E-state index contributed by atoms with van der Waals surface area (Å²) in [7, 11) is 1.71. The van der Waals surface area contributed by atoms with Gasteiger partial charge in [-0.25, -0.2) is 0 Å². The predicted octanol–water partition coefficient (Wildman–Crippen LogP) is 2.63. The molecular weight excluding hydrogens is 210 g/mol. The molecule has 0 saturated heterocycles. The van der Waals surface area contributed by atoms with Gasteiger partial charge in [-0.2, -0.15) is 0 Å². The smallest absolute Gasteiger partial charge is 0.122 e. The average molecular weight is 231 g/mol. The minimum absolute atomic E-state index is 0.352. The third kappa shape index (κ3) is 4.50. The van der Waals surface area contributed by atoms with Crippen LogP contribution in [-0.2, 0) is 6.42 Å². The first-order chi connectivity index (χ1) is 8.17. The fraction of sp³-hybridized carbons (Fsp3) is 0.467. The van der Waals surface area contributed by atoms with E-state index in [1.807, 2.05) is 18.2 Å². The summed E-state index contributed by atoms with van der Waals surface area (Å²) in [6, 6.07) is 8.85. The van der Waals surface area contributed by atoms with Gasteiger partial charge in [0.2, 0.25) is 0 Å². The van der Waals surface area contributed by atoms with Crippen molar-refractivity contribution in [3.8, 4) is 18.1 Å². The number of nitrogens with one attached hydrogen (secondary N) is 1. The van der Waals surface area contributed by atoms with Gasteiger partial charge in [-0.3, -0.25) is 0 Å². The molecular formula is C15H21NO. The number of terminal acetylenes is 1. The molecule has 0 aliphatic rings. The number of methoxy groups -OCH3 is 1. The minimum atomic E-state index is 0.352. The van der Waals surface area contributed by atoms with Crippen molar-refractivity contribution in [1.29, 1.82) is 0 Å². The Bertz CT molecular complexity index is 381. The average Bonchev–Trinajstić information content (AvgIpc) is 2.29. The second kappa shape index (κ2) is 6.98. The summed E-state index contributed by atoms with van der Waals surface area (Å²) >= 11 is 0. The highest BCUT2D eigenvalue weighted by molar-refractivity contribution is 5.33. The van der Waals surface area contributed by atoms with E-state index >= 15 is 0 Å². The summed E-state index contributed by atoms with van der Waals surface area (Å²) in [5.41, 5.74) is 1.22. The third-order valence-electron chi connectivity index (χ3n) is 2.71. The van der Waals surface area contributed by atoms with Gasteiger partial charge >= 0.3 is 0 Å². The summed E-state index contributed by atoms with van der Waals surface area (Å²) in [5, 5.41) is 3.48. The fourth-order valence-electron chi connectivity index (χ4n) is 1.98. The number of hydrogen-bond acceptors (Lipinski definition) is 2. The molecule has 1 rings (SSSR count). The molecule has 0 aromatic heterocycles. The number of rotatable bonds is 6. The van der Waals surface area contributed by atoms with Crippen LogP contribution in [0.3, 0.4) is 0 Å². The van der Waals surface area contributed by atoms with Crippen LogP contribution in [0.25, 0.3) is 0 Å². The monoisotopic (exact) mass is 231 g/mol.